The molecule has 1 heterocycles. The molecular weight excluding hydrogens is 330 g/mol. The highest BCUT2D eigenvalue weighted by Crippen LogP contribution is 2.27. The molecular formula is C20H21N3OS. The molecule has 0 saturated heterocycles. The van der Waals surface area contributed by atoms with Gasteiger partial charge < -0.3 is 10.6 Å². The summed E-state index contributed by atoms with van der Waals surface area (Å²) < 4.78 is 0. The van der Waals surface area contributed by atoms with E-state index in [1.807, 2.05) is 70.2 Å². The number of nitrogens with zero attached hydrogens (tertiary/aromatic N) is 1. The lowest BCUT2D eigenvalue weighted by molar-refractivity contribution is 0.102. The predicted molar refractivity (Wildman–Crippen MR) is 105 cm³/mol. The van der Waals surface area contributed by atoms with Crippen LogP contribution < -0.4 is 10.6 Å². The van der Waals surface area contributed by atoms with Gasteiger partial charge in [-0.3, -0.25) is 4.79 Å². The average Bonchev–Trinajstić information content (AvgIpc) is 2.93. The summed E-state index contributed by atoms with van der Waals surface area (Å²) in [6.07, 6.45) is 0. The Balaban J connectivity index is 1.78. The van der Waals surface area contributed by atoms with E-state index in [-0.39, 0.29) is 5.91 Å². The number of aryl methyl sites for hydroxylation is 4. The summed E-state index contributed by atoms with van der Waals surface area (Å²) in [4.78, 5) is 17.7. The van der Waals surface area contributed by atoms with Gasteiger partial charge in [-0.1, -0.05) is 41.2 Å². The van der Waals surface area contributed by atoms with Crippen molar-refractivity contribution < 1.29 is 4.79 Å². The van der Waals surface area contributed by atoms with E-state index < -0.39 is 0 Å². The van der Waals surface area contributed by atoms with Crippen LogP contribution >= 0.6 is 11.3 Å². The summed E-state index contributed by atoms with van der Waals surface area (Å²) in [5.41, 5.74) is 5.88. The van der Waals surface area contributed by atoms with Crippen LogP contribution in [0.3, 0.4) is 0 Å². The van der Waals surface area contributed by atoms with E-state index in [0.717, 1.165) is 28.2 Å². The minimum atomic E-state index is -0.124. The average molecular weight is 351 g/mol. The molecule has 2 N–H and O–H groups in total. The zero-order valence-electron chi connectivity index (χ0n) is 14.8. The van der Waals surface area contributed by atoms with E-state index in [1.54, 1.807) is 0 Å². The fraction of sp³-hybridized carbons (Fsp3) is 0.200. The Bertz CT molecular complexity index is 913. The molecule has 0 aliphatic heterocycles. The third-order valence-corrected chi connectivity index (χ3v) is 5.02. The van der Waals surface area contributed by atoms with E-state index in [1.165, 1.54) is 16.9 Å². The summed E-state index contributed by atoms with van der Waals surface area (Å²) in [5.74, 6) is -0.124. The molecule has 0 atom stereocenters. The van der Waals surface area contributed by atoms with Crippen molar-refractivity contribution in [2.75, 3.05) is 10.6 Å². The first-order valence-corrected chi connectivity index (χ1v) is 8.94. The number of rotatable bonds is 4. The van der Waals surface area contributed by atoms with Gasteiger partial charge in [0, 0.05) is 11.4 Å². The van der Waals surface area contributed by atoms with Crippen molar-refractivity contribution in [2.45, 2.75) is 27.7 Å². The van der Waals surface area contributed by atoms with Gasteiger partial charge >= 0.3 is 0 Å². The van der Waals surface area contributed by atoms with Crippen molar-refractivity contribution in [1.82, 2.24) is 4.98 Å². The maximum atomic E-state index is 12.6. The number of hydrogen-bond acceptors (Lipinski definition) is 4. The van der Waals surface area contributed by atoms with Gasteiger partial charge in [0.15, 0.2) is 5.13 Å². The van der Waals surface area contributed by atoms with Crippen LogP contribution in [-0.4, -0.2) is 10.9 Å². The van der Waals surface area contributed by atoms with Crippen LogP contribution in [0.1, 0.15) is 32.1 Å². The lowest BCUT2D eigenvalue weighted by Crippen LogP contribution is -2.12. The van der Waals surface area contributed by atoms with Crippen LogP contribution in [-0.2, 0) is 0 Å². The fourth-order valence-electron chi connectivity index (χ4n) is 2.47. The molecule has 1 amide bonds. The highest BCUT2D eigenvalue weighted by Gasteiger charge is 2.16. The topological polar surface area (TPSA) is 54.0 Å². The monoisotopic (exact) mass is 351 g/mol. The Morgan fingerprint density at radius 1 is 0.960 bits per heavy atom. The molecule has 3 aromatic rings. The normalized spacial score (nSPS) is 10.6. The molecule has 0 radical (unpaired) electrons. The lowest BCUT2D eigenvalue weighted by Gasteiger charge is -2.08. The standard InChI is InChI=1S/C20H21N3OS/c1-12-6-9-16(10-7-12)22-20-21-15(4)18(25-20)19(24)23-17-11-13(2)5-8-14(17)3/h5-11H,1-4H3,(H,21,22)(H,23,24). The Hall–Kier alpha value is -2.66. The number of anilines is 3. The molecule has 1 aromatic heterocycles. The summed E-state index contributed by atoms with van der Waals surface area (Å²) in [6, 6.07) is 14.1. The van der Waals surface area contributed by atoms with Gasteiger partial charge in [0.1, 0.15) is 4.88 Å². The van der Waals surface area contributed by atoms with Crippen molar-refractivity contribution in [3.8, 4) is 0 Å². The maximum Gasteiger partial charge on any atom is 0.267 e. The van der Waals surface area contributed by atoms with Crippen molar-refractivity contribution in [3.05, 3.63) is 69.7 Å². The Morgan fingerprint density at radius 2 is 1.64 bits per heavy atom. The lowest BCUT2D eigenvalue weighted by atomic mass is 10.1. The zero-order valence-corrected chi connectivity index (χ0v) is 15.6. The molecule has 0 aliphatic carbocycles. The Kier molecular flexibility index (Phi) is 4.86. The third-order valence-electron chi connectivity index (χ3n) is 3.95. The molecule has 0 bridgehead atoms. The second-order valence-electron chi connectivity index (χ2n) is 6.20. The van der Waals surface area contributed by atoms with Gasteiger partial charge in [-0.25, -0.2) is 4.98 Å². The number of thiazole rings is 1. The van der Waals surface area contributed by atoms with Crippen LogP contribution in [0.5, 0.6) is 0 Å². The summed E-state index contributed by atoms with van der Waals surface area (Å²) in [7, 11) is 0. The first-order valence-electron chi connectivity index (χ1n) is 8.12. The number of amides is 1. The maximum absolute atomic E-state index is 12.6. The molecule has 25 heavy (non-hydrogen) atoms. The number of carbonyl (C=O) groups excluding carboxylic acids is 1. The third kappa shape index (κ3) is 4.06. The van der Waals surface area contributed by atoms with Gasteiger partial charge in [-0.2, -0.15) is 0 Å². The largest absolute Gasteiger partial charge is 0.332 e. The molecule has 128 valence electrons. The minimum absolute atomic E-state index is 0.124. The molecule has 2 aromatic carbocycles. The van der Waals surface area contributed by atoms with Crippen molar-refractivity contribution in [3.63, 3.8) is 0 Å². The van der Waals surface area contributed by atoms with Gasteiger partial charge in [0.05, 0.1) is 5.69 Å². The van der Waals surface area contributed by atoms with E-state index in [2.05, 4.69) is 15.6 Å². The van der Waals surface area contributed by atoms with Crippen LogP contribution in [0.4, 0.5) is 16.5 Å². The SMILES string of the molecule is Cc1ccc(Nc2nc(C)c(C(=O)Nc3cc(C)ccc3C)s2)cc1. The molecule has 0 fully saturated rings. The molecule has 0 spiro atoms. The van der Waals surface area contributed by atoms with Crippen LogP contribution in [0.15, 0.2) is 42.5 Å². The number of nitrogens with one attached hydrogen (secondary N) is 2. The second-order valence-corrected chi connectivity index (χ2v) is 7.20. The Morgan fingerprint density at radius 3 is 2.36 bits per heavy atom. The van der Waals surface area contributed by atoms with Gasteiger partial charge in [0.2, 0.25) is 0 Å². The van der Waals surface area contributed by atoms with Crippen molar-refractivity contribution >= 4 is 33.8 Å². The van der Waals surface area contributed by atoms with E-state index >= 15 is 0 Å². The van der Waals surface area contributed by atoms with Crippen LogP contribution in [0.2, 0.25) is 0 Å². The highest BCUT2D eigenvalue weighted by atomic mass is 32.1. The van der Waals surface area contributed by atoms with Crippen LogP contribution in [0, 0.1) is 27.7 Å². The smallest absolute Gasteiger partial charge is 0.267 e. The van der Waals surface area contributed by atoms with Crippen LogP contribution in [0.25, 0.3) is 0 Å². The highest BCUT2D eigenvalue weighted by molar-refractivity contribution is 7.17. The van der Waals surface area contributed by atoms with Gasteiger partial charge in [-0.15, -0.1) is 0 Å². The zero-order chi connectivity index (χ0) is 18.0. The predicted octanol–water partition coefficient (Wildman–Crippen LogP) is 5.37. The first-order chi connectivity index (χ1) is 11.9. The number of benzene rings is 2. The van der Waals surface area contributed by atoms with E-state index in [0.29, 0.717) is 10.0 Å². The number of carbonyl (C=O) groups is 1. The molecule has 3 rings (SSSR count). The van der Waals surface area contributed by atoms with E-state index in [9.17, 15) is 4.79 Å². The summed E-state index contributed by atoms with van der Waals surface area (Å²) >= 11 is 1.36. The number of aromatic nitrogens is 1. The molecule has 5 heteroatoms. The van der Waals surface area contributed by atoms with Gasteiger partial charge in [0.25, 0.3) is 5.91 Å². The molecule has 0 unspecified atom stereocenters. The molecule has 0 saturated carbocycles. The van der Waals surface area contributed by atoms with Crippen molar-refractivity contribution in [1.29, 1.82) is 0 Å². The molecule has 0 aliphatic rings. The quantitative estimate of drug-likeness (QED) is 0.664. The van der Waals surface area contributed by atoms with E-state index in [4.69, 9.17) is 0 Å². The molecule has 4 nitrogen and oxygen atoms in total. The number of hydrogen-bond donors (Lipinski definition) is 2. The van der Waals surface area contributed by atoms with Gasteiger partial charge in [-0.05, 0) is 57.0 Å². The fourth-order valence-corrected chi connectivity index (χ4v) is 3.35. The minimum Gasteiger partial charge on any atom is -0.332 e. The second kappa shape index (κ2) is 7.07. The summed E-state index contributed by atoms with van der Waals surface area (Å²) in [5, 5.41) is 6.97. The Labute approximate surface area is 151 Å². The van der Waals surface area contributed by atoms with Crippen molar-refractivity contribution in [2.24, 2.45) is 0 Å². The summed E-state index contributed by atoms with van der Waals surface area (Å²) in [6.45, 7) is 7.90. The first kappa shape index (κ1) is 17.2.